The van der Waals surface area contributed by atoms with Crippen LogP contribution in [0, 0.1) is 5.92 Å². The van der Waals surface area contributed by atoms with Gasteiger partial charge in [-0.25, -0.2) is 0 Å². The van der Waals surface area contributed by atoms with Crippen molar-refractivity contribution in [3.8, 4) is 0 Å². The van der Waals surface area contributed by atoms with E-state index in [4.69, 9.17) is 0 Å². The minimum Gasteiger partial charge on any atom is -0.335 e. The normalized spacial score (nSPS) is 20.8. The van der Waals surface area contributed by atoms with Crippen LogP contribution in [0.1, 0.15) is 19.8 Å². The van der Waals surface area contributed by atoms with Crippen molar-refractivity contribution < 1.29 is 4.79 Å². The molecule has 2 nitrogen and oxygen atoms in total. The largest absolute Gasteiger partial charge is 0.335 e. The van der Waals surface area contributed by atoms with E-state index >= 15 is 0 Å². The molecule has 0 unspecified atom stereocenters. The molecule has 3 rings (SSSR count). The highest BCUT2D eigenvalue weighted by atomic mass is 32.2. The first-order valence-corrected chi connectivity index (χ1v) is 6.91. The third kappa shape index (κ3) is 2.00. The van der Waals surface area contributed by atoms with Crippen molar-refractivity contribution in [2.45, 2.75) is 24.7 Å². The van der Waals surface area contributed by atoms with Crippen molar-refractivity contribution in [2.75, 3.05) is 11.4 Å². The van der Waals surface area contributed by atoms with Crippen molar-refractivity contribution in [2.24, 2.45) is 5.92 Å². The van der Waals surface area contributed by atoms with Crippen LogP contribution in [-0.2, 0) is 4.79 Å². The second-order valence-electron chi connectivity index (χ2n) is 4.47. The lowest BCUT2D eigenvalue weighted by molar-refractivity contribution is -0.115. The molecule has 1 heterocycles. The SMILES string of the molecule is CCN1/C(=C/C(=O)C2CC2)Sc2ccccc21. The van der Waals surface area contributed by atoms with Gasteiger partial charge >= 0.3 is 0 Å². The summed E-state index contributed by atoms with van der Waals surface area (Å²) in [5, 5.41) is 1.09. The summed E-state index contributed by atoms with van der Waals surface area (Å²) in [6.45, 7) is 3.03. The topological polar surface area (TPSA) is 20.3 Å². The minimum atomic E-state index is 0.304. The number of carbonyl (C=O) groups excluding carboxylic acids is 1. The van der Waals surface area contributed by atoms with Gasteiger partial charge in [-0.3, -0.25) is 4.79 Å². The van der Waals surface area contributed by atoms with E-state index in [0.717, 1.165) is 24.4 Å². The van der Waals surface area contributed by atoms with Crippen LogP contribution >= 0.6 is 11.8 Å². The maximum absolute atomic E-state index is 11.9. The molecule has 1 aliphatic heterocycles. The van der Waals surface area contributed by atoms with Crippen LogP contribution in [0.4, 0.5) is 5.69 Å². The lowest BCUT2D eigenvalue weighted by atomic mass is 10.2. The number of benzene rings is 1. The summed E-state index contributed by atoms with van der Waals surface area (Å²) in [6, 6.07) is 8.33. The van der Waals surface area contributed by atoms with E-state index in [1.807, 2.05) is 18.2 Å². The number of fused-ring (bicyclic) bond motifs is 1. The molecule has 1 saturated carbocycles. The highest BCUT2D eigenvalue weighted by Gasteiger charge is 2.30. The predicted molar refractivity (Wildman–Crippen MR) is 71.1 cm³/mol. The molecular weight excluding hydrogens is 230 g/mol. The summed E-state index contributed by atoms with van der Waals surface area (Å²) in [5.74, 6) is 0.615. The molecule has 2 aliphatic rings. The van der Waals surface area contributed by atoms with Crippen molar-refractivity contribution >= 4 is 23.2 Å². The van der Waals surface area contributed by atoms with E-state index in [-0.39, 0.29) is 0 Å². The zero-order chi connectivity index (χ0) is 11.8. The predicted octanol–water partition coefficient (Wildman–Crippen LogP) is 3.44. The molecule has 0 radical (unpaired) electrons. The van der Waals surface area contributed by atoms with Crippen molar-refractivity contribution in [3.63, 3.8) is 0 Å². The Labute approximate surface area is 106 Å². The first-order valence-electron chi connectivity index (χ1n) is 6.09. The fourth-order valence-electron chi connectivity index (χ4n) is 2.09. The fourth-order valence-corrected chi connectivity index (χ4v) is 3.26. The van der Waals surface area contributed by atoms with Crippen LogP contribution < -0.4 is 4.90 Å². The summed E-state index contributed by atoms with van der Waals surface area (Å²) < 4.78 is 0. The quantitative estimate of drug-likeness (QED) is 0.761. The van der Waals surface area contributed by atoms with Gasteiger partial charge in [-0.15, -0.1) is 0 Å². The van der Waals surface area contributed by atoms with Crippen LogP contribution in [0.2, 0.25) is 0 Å². The number of rotatable bonds is 3. The number of carbonyl (C=O) groups is 1. The van der Waals surface area contributed by atoms with Gasteiger partial charge in [0.1, 0.15) is 0 Å². The molecule has 0 N–H and O–H groups in total. The molecule has 0 atom stereocenters. The number of anilines is 1. The molecule has 17 heavy (non-hydrogen) atoms. The van der Waals surface area contributed by atoms with Gasteiger partial charge in [0.05, 0.1) is 10.7 Å². The summed E-state index contributed by atoms with van der Waals surface area (Å²) in [4.78, 5) is 15.3. The minimum absolute atomic E-state index is 0.304. The molecule has 1 aliphatic carbocycles. The van der Waals surface area contributed by atoms with Gasteiger partial charge in [0.15, 0.2) is 5.78 Å². The highest BCUT2D eigenvalue weighted by molar-refractivity contribution is 8.03. The summed E-state index contributed by atoms with van der Waals surface area (Å²) >= 11 is 1.71. The van der Waals surface area contributed by atoms with E-state index in [0.29, 0.717) is 11.7 Å². The molecule has 0 amide bonds. The van der Waals surface area contributed by atoms with E-state index < -0.39 is 0 Å². The first-order chi connectivity index (χ1) is 8.29. The third-order valence-electron chi connectivity index (χ3n) is 3.20. The van der Waals surface area contributed by atoms with Gasteiger partial charge in [-0.2, -0.15) is 0 Å². The van der Waals surface area contributed by atoms with Gasteiger partial charge < -0.3 is 4.90 Å². The van der Waals surface area contributed by atoms with E-state index in [1.165, 1.54) is 10.6 Å². The fraction of sp³-hybridized carbons (Fsp3) is 0.357. The lowest BCUT2D eigenvalue weighted by Crippen LogP contribution is -2.17. The van der Waals surface area contributed by atoms with Crippen LogP contribution in [0.3, 0.4) is 0 Å². The second-order valence-corrected chi connectivity index (χ2v) is 5.54. The van der Waals surface area contributed by atoms with E-state index in [9.17, 15) is 4.79 Å². The number of thioether (sulfide) groups is 1. The maximum atomic E-state index is 11.9. The zero-order valence-electron chi connectivity index (χ0n) is 9.85. The Bertz CT molecular complexity index is 491. The smallest absolute Gasteiger partial charge is 0.161 e. The highest BCUT2D eigenvalue weighted by Crippen LogP contribution is 2.46. The number of ketones is 1. The maximum Gasteiger partial charge on any atom is 0.161 e. The lowest BCUT2D eigenvalue weighted by Gasteiger charge is -2.17. The molecule has 1 fully saturated rings. The molecule has 0 bridgehead atoms. The molecule has 0 aromatic heterocycles. The monoisotopic (exact) mass is 245 g/mol. The average molecular weight is 245 g/mol. The Kier molecular flexibility index (Phi) is 2.71. The van der Waals surface area contributed by atoms with Crippen molar-refractivity contribution in [1.82, 2.24) is 0 Å². The number of para-hydroxylation sites is 1. The van der Waals surface area contributed by atoms with Crippen molar-refractivity contribution in [1.29, 1.82) is 0 Å². The molecular formula is C14H15NOS. The molecule has 88 valence electrons. The van der Waals surface area contributed by atoms with Gasteiger partial charge in [0.25, 0.3) is 0 Å². The zero-order valence-corrected chi connectivity index (χ0v) is 10.7. The Morgan fingerprint density at radius 2 is 2.24 bits per heavy atom. The van der Waals surface area contributed by atoms with Crippen molar-refractivity contribution in [3.05, 3.63) is 35.4 Å². The number of hydrogen-bond donors (Lipinski definition) is 0. The Hall–Kier alpha value is -1.22. The molecule has 1 aromatic rings. The van der Waals surface area contributed by atoms with E-state index in [2.05, 4.69) is 24.0 Å². The molecule has 1 aromatic carbocycles. The standard InChI is InChI=1S/C14H15NOS/c1-2-15-11-5-3-4-6-13(11)17-14(15)9-12(16)10-7-8-10/h3-6,9-10H,2,7-8H2,1H3/b14-9-. The van der Waals surface area contributed by atoms with Crippen LogP contribution in [-0.4, -0.2) is 12.3 Å². The van der Waals surface area contributed by atoms with E-state index in [1.54, 1.807) is 11.8 Å². The second kappa shape index (κ2) is 4.22. The molecule has 0 saturated heterocycles. The summed E-state index contributed by atoms with van der Waals surface area (Å²) in [6.07, 6.45) is 3.99. The first kappa shape index (κ1) is 10.9. The van der Waals surface area contributed by atoms with Gasteiger partial charge in [-0.1, -0.05) is 23.9 Å². The number of hydrogen-bond acceptors (Lipinski definition) is 3. The number of allylic oxidation sites excluding steroid dienone is 1. The van der Waals surface area contributed by atoms with Crippen LogP contribution in [0.15, 0.2) is 40.3 Å². The summed E-state index contributed by atoms with van der Waals surface area (Å²) in [5.41, 5.74) is 1.23. The Balaban J connectivity index is 1.91. The molecule has 0 spiro atoms. The van der Waals surface area contributed by atoms with Gasteiger partial charge in [0, 0.05) is 23.4 Å². The Morgan fingerprint density at radius 3 is 2.94 bits per heavy atom. The van der Waals surface area contributed by atoms with Gasteiger partial charge in [0.2, 0.25) is 0 Å². The third-order valence-corrected chi connectivity index (χ3v) is 4.31. The van der Waals surface area contributed by atoms with Crippen LogP contribution in [0.5, 0.6) is 0 Å². The molecule has 3 heteroatoms. The average Bonchev–Trinajstić information content (AvgIpc) is 3.11. The van der Waals surface area contributed by atoms with Crippen LogP contribution in [0.25, 0.3) is 0 Å². The number of nitrogens with zero attached hydrogens (tertiary/aromatic N) is 1. The summed E-state index contributed by atoms with van der Waals surface area (Å²) in [7, 11) is 0. The Morgan fingerprint density at radius 1 is 1.47 bits per heavy atom. The van der Waals surface area contributed by atoms with Gasteiger partial charge in [-0.05, 0) is 31.9 Å².